The summed E-state index contributed by atoms with van der Waals surface area (Å²) in [6.45, 7) is 5.60. The lowest BCUT2D eigenvalue weighted by Gasteiger charge is -2.11. The van der Waals surface area contributed by atoms with Gasteiger partial charge in [-0.2, -0.15) is 5.10 Å². The van der Waals surface area contributed by atoms with Crippen molar-refractivity contribution >= 4 is 12.1 Å². The number of nitrogens with one attached hydrogen (secondary N) is 1. The number of rotatable bonds is 11. The highest BCUT2D eigenvalue weighted by atomic mass is 16.5. The lowest BCUT2D eigenvalue weighted by atomic mass is 9.99. The Morgan fingerprint density at radius 3 is 2.16 bits per heavy atom. The Hall–Kier alpha value is -3.67. The van der Waals surface area contributed by atoms with Gasteiger partial charge in [0, 0.05) is 24.4 Å². The summed E-state index contributed by atoms with van der Waals surface area (Å²) in [4.78, 5) is 15.8. The minimum absolute atomic E-state index is 0.280. The van der Waals surface area contributed by atoms with Crippen LogP contribution in [0.25, 0.3) is 0 Å². The number of hydrogen-bond donors (Lipinski definition) is 1. The summed E-state index contributed by atoms with van der Waals surface area (Å²) in [5.74, 6) is 1.95. The molecule has 1 aromatic heterocycles. The van der Waals surface area contributed by atoms with E-state index in [4.69, 9.17) is 9.47 Å². The Kier molecular flexibility index (Phi) is 8.80. The fourth-order valence-corrected chi connectivity index (χ4v) is 2.95. The van der Waals surface area contributed by atoms with Crippen LogP contribution >= 0.6 is 0 Å². The average molecular weight is 432 g/mol. The van der Waals surface area contributed by atoms with Crippen molar-refractivity contribution in [2.75, 3.05) is 13.2 Å². The third-order valence-corrected chi connectivity index (χ3v) is 5.09. The molecule has 0 aliphatic carbocycles. The Morgan fingerprint density at radius 1 is 0.969 bits per heavy atom. The number of pyridine rings is 1. The molecule has 0 saturated heterocycles. The molecule has 166 valence electrons. The van der Waals surface area contributed by atoms with Crippen LogP contribution in [0.2, 0.25) is 0 Å². The summed E-state index contributed by atoms with van der Waals surface area (Å²) in [7, 11) is 0. The van der Waals surface area contributed by atoms with Crippen LogP contribution in [-0.2, 0) is 0 Å². The van der Waals surface area contributed by atoms with Gasteiger partial charge in [0.05, 0.1) is 19.4 Å². The van der Waals surface area contributed by atoms with E-state index in [-0.39, 0.29) is 5.91 Å². The number of aromatic nitrogens is 1. The highest BCUT2D eigenvalue weighted by molar-refractivity contribution is 5.94. The third kappa shape index (κ3) is 7.23. The molecule has 0 aliphatic rings. The van der Waals surface area contributed by atoms with Gasteiger partial charge in [0.25, 0.3) is 5.91 Å². The Balaban J connectivity index is 1.34. The molecule has 0 fully saturated rings. The molecule has 2 aromatic carbocycles. The van der Waals surface area contributed by atoms with Crippen LogP contribution in [0.15, 0.2) is 78.2 Å². The van der Waals surface area contributed by atoms with E-state index in [0.29, 0.717) is 24.7 Å². The predicted molar refractivity (Wildman–Crippen MR) is 126 cm³/mol. The first kappa shape index (κ1) is 23.0. The maximum absolute atomic E-state index is 11.9. The van der Waals surface area contributed by atoms with Crippen molar-refractivity contribution in [3.05, 3.63) is 89.7 Å². The molecule has 3 rings (SSSR count). The van der Waals surface area contributed by atoms with Gasteiger partial charge in [0.1, 0.15) is 11.5 Å². The van der Waals surface area contributed by atoms with Gasteiger partial charge >= 0.3 is 0 Å². The summed E-state index contributed by atoms with van der Waals surface area (Å²) in [5.41, 5.74) is 5.20. The number of benzene rings is 2. The van der Waals surface area contributed by atoms with E-state index in [0.717, 1.165) is 29.9 Å². The number of carbonyl (C=O) groups is 1. The fourth-order valence-electron chi connectivity index (χ4n) is 2.95. The van der Waals surface area contributed by atoms with Crippen molar-refractivity contribution in [3.8, 4) is 11.5 Å². The van der Waals surface area contributed by atoms with Gasteiger partial charge in [-0.3, -0.25) is 9.78 Å². The first-order chi connectivity index (χ1) is 15.7. The second-order valence-electron chi connectivity index (χ2n) is 7.43. The van der Waals surface area contributed by atoms with E-state index in [2.05, 4.69) is 41.5 Å². The van der Waals surface area contributed by atoms with Gasteiger partial charge in [-0.05, 0) is 72.0 Å². The molecule has 0 aliphatic heterocycles. The Labute approximate surface area is 189 Å². The number of carbonyl (C=O) groups excluding carboxylic acids is 1. The fraction of sp³-hybridized carbons (Fsp3) is 0.269. The van der Waals surface area contributed by atoms with Gasteiger partial charge in [-0.15, -0.1) is 0 Å². The molecule has 0 bridgehead atoms. The Bertz CT molecular complexity index is 987. The monoisotopic (exact) mass is 431 g/mol. The van der Waals surface area contributed by atoms with E-state index in [1.54, 1.807) is 30.7 Å². The van der Waals surface area contributed by atoms with Crippen molar-refractivity contribution in [2.45, 2.75) is 32.6 Å². The van der Waals surface area contributed by atoms with Gasteiger partial charge in [0.2, 0.25) is 0 Å². The normalized spacial score (nSPS) is 11.8. The highest BCUT2D eigenvalue weighted by Gasteiger charge is 2.03. The number of hydrazone groups is 1. The second kappa shape index (κ2) is 12.2. The summed E-state index contributed by atoms with van der Waals surface area (Å²) in [6.07, 6.45) is 6.64. The molecule has 1 N–H and O–H groups in total. The van der Waals surface area contributed by atoms with Gasteiger partial charge < -0.3 is 9.47 Å². The van der Waals surface area contributed by atoms with E-state index in [1.807, 2.05) is 36.4 Å². The molecule has 0 saturated carbocycles. The van der Waals surface area contributed by atoms with Crippen LogP contribution in [0.5, 0.6) is 11.5 Å². The predicted octanol–water partition coefficient (Wildman–Crippen LogP) is 5.21. The number of ether oxygens (including phenoxy) is 2. The smallest absolute Gasteiger partial charge is 0.271 e. The molecular formula is C26H29N3O3. The molecule has 6 nitrogen and oxygen atoms in total. The van der Waals surface area contributed by atoms with E-state index >= 15 is 0 Å². The van der Waals surface area contributed by atoms with Crippen LogP contribution in [0.3, 0.4) is 0 Å². The molecule has 1 heterocycles. The lowest BCUT2D eigenvalue weighted by molar-refractivity contribution is 0.0955. The van der Waals surface area contributed by atoms with Crippen LogP contribution in [0, 0.1) is 0 Å². The van der Waals surface area contributed by atoms with Crippen molar-refractivity contribution in [1.82, 2.24) is 10.4 Å². The minimum atomic E-state index is -0.280. The topological polar surface area (TPSA) is 72.8 Å². The van der Waals surface area contributed by atoms with Crippen molar-refractivity contribution in [2.24, 2.45) is 5.10 Å². The second-order valence-corrected chi connectivity index (χ2v) is 7.43. The van der Waals surface area contributed by atoms with Crippen molar-refractivity contribution in [1.29, 1.82) is 0 Å². The zero-order chi connectivity index (χ0) is 22.6. The Morgan fingerprint density at radius 2 is 1.56 bits per heavy atom. The molecule has 0 spiro atoms. The quantitative estimate of drug-likeness (QED) is 0.257. The maximum Gasteiger partial charge on any atom is 0.271 e. The maximum atomic E-state index is 11.9. The molecule has 1 atom stereocenters. The third-order valence-electron chi connectivity index (χ3n) is 5.09. The number of hydrogen-bond acceptors (Lipinski definition) is 5. The number of amides is 1. The summed E-state index contributed by atoms with van der Waals surface area (Å²) < 4.78 is 11.6. The first-order valence-electron chi connectivity index (χ1n) is 10.8. The van der Waals surface area contributed by atoms with Gasteiger partial charge in [-0.1, -0.05) is 26.0 Å². The molecule has 6 heteroatoms. The first-order valence-corrected chi connectivity index (χ1v) is 10.8. The summed E-state index contributed by atoms with van der Waals surface area (Å²) >= 11 is 0. The summed E-state index contributed by atoms with van der Waals surface area (Å²) in [5, 5.41) is 3.98. The van der Waals surface area contributed by atoms with E-state index < -0.39 is 0 Å². The zero-order valence-corrected chi connectivity index (χ0v) is 18.5. The largest absolute Gasteiger partial charge is 0.493 e. The lowest BCUT2D eigenvalue weighted by Crippen LogP contribution is -2.17. The zero-order valence-electron chi connectivity index (χ0n) is 18.5. The van der Waals surface area contributed by atoms with Crippen LogP contribution < -0.4 is 14.9 Å². The molecule has 3 aromatic rings. The average Bonchev–Trinajstić information content (AvgIpc) is 2.85. The minimum Gasteiger partial charge on any atom is -0.493 e. The van der Waals surface area contributed by atoms with E-state index in [9.17, 15) is 4.79 Å². The van der Waals surface area contributed by atoms with Crippen LogP contribution in [0.4, 0.5) is 0 Å². The van der Waals surface area contributed by atoms with Crippen molar-refractivity contribution in [3.63, 3.8) is 0 Å². The number of nitrogens with zero attached hydrogens (tertiary/aromatic N) is 2. The molecular weight excluding hydrogens is 402 g/mol. The SMILES string of the molecule is CCC(C)c1ccc(OCCCOc2ccc(C=NNC(=O)c3ccncc3)cc2)cc1. The van der Waals surface area contributed by atoms with Crippen molar-refractivity contribution < 1.29 is 14.3 Å². The van der Waals surface area contributed by atoms with Crippen LogP contribution in [0.1, 0.15) is 54.1 Å². The molecule has 1 amide bonds. The van der Waals surface area contributed by atoms with E-state index in [1.165, 1.54) is 5.56 Å². The van der Waals surface area contributed by atoms with Crippen LogP contribution in [-0.4, -0.2) is 30.3 Å². The molecule has 0 radical (unpaired) electrons. The highest BCUT2D eigenvalue weighted by Crippen LogP contribution is 2.21. The van der Waals surface area contributed by atoms with Gasteiger partial charge in [0.15, 0.2) is 0 Å². The van der Waals surface area contributed by atoms with Gasteiger partial charge in [-0.25, -0.2) is 5.43 Å². The standard InChI is InChI=1S/C26H29N3O3/c1-3-20(2)22-7-11-25(12-8-22)32-18-4-17-31-24-9-5-21(6-10-24)19-28-29-26(30)23-13-15-27-16-14-23/h5-16,19-20H,3-4,17-18H2,1-2H3,(H,29,30). The summed E-state index contributed by atoms with van der Waals surface area (Å²) in [6, 6.07) is 19.1. The molecule has 1 unspecified atom stereocenters. The molecule has 32 heavy (non-hydrogen) atoms.